The van der Waals surface area contributed by atoms with Gasteiger partial charge in [0.05, 0.1) is 56.3 Å². The van der Waals surface area contributed by atoms with Crippen LogP contribution in [-0.4, -0.2) is 165 Å². The van der Waals surface area contributed by atoms with E-state index in [-0.39, 0.29) is 36.5 Å². The summed E-state index contributed by atoms with van der Waals surface area (Å²) in [6, 6.07) is 60.5. The topological polar surface area (TPSA) is 335 Å². The highest BCUT2D eigenvalue weighted by molar-refractivity contribution is 7.48. The molecule has 4 heterocycles. The zero-order valence-corrected chi connectivity index (χ0v) is 63.2. The van der Waals surface area contributed by atoms with Gasteiger partial charge in [0.1, 0.15) is 43.7 Å². The van der Waals surface area contributed by atoms with E-state index >= 15 is 4.57 Å². The number of esters is 6. The molecule has 0 radical (unpaired) electrons. The number of alkyl carbamates (subject to hydrolysis) is 1. The zero-order chi connectivity index (χ0) is 79.4. The third-order valence-electron chi connectivity index (χ3n) is 18.5. The van der Waals surface area contributed by atoms with Gasteiger partial charge in [-0.3, -0.25) is 23.2 Å². The average molecular weight is 1570 g/mol. The van der Waals surface area contributed by atoms with Crippen LogP contribution < -0.4 is 5.32 Å². The minimum absolute atomic E-state index is 0.00262. The molecule has 2 N–H and O–H groups in total. The van der Waals surface area contributed by atoms with Gasteiger partial charge in [0, 0.05) is 19.4 Å². The summed E-state index contributed by atoms with van der Waals surface area (Å²) >= 11 is 0. The molecule has 1 amide bonds. The molecule has 16 atom stereocenters. The van der Waals surface area contributed by atoms with Crippen molar-refractivity contribution in [2.75, 3.05) is 26.4 Å². The number of hydrogen-bond donors (Lipinski definition) is 2. The van der Waals surface area contributed by atoms with Crippen molar-refractivity contribution in [3.8, 4) is 0 Å². The molecule has 594 valence electrons. The standard InChI is InChI=1S/C84H86NO27P/c1-51-31-37-60(38-32-51)76(89)107-68-65(43-86)104-83(74(109-78(91)62-41-35-53(3)36-42-62)71(68)108-77(90)61-39-33-52(2)34-40-61)111-72-69-66(49-97-80(110-69)63-29-19-10-20-30-63)105-82(73(72)103-55(5)88)106-67-50-98-81(96-48-64(79(92)95-44-56-21-11-6-12-22-56)85-84(93)99-45-57-23-13-7-14-24-57)75(70(67)102-54(4)87)112-113(94,100-46-58-25-15-8-16-26-58)101-47-59-27-17-9-18-28-59/h6-42,64-75,80-83,86H,43-50H2,1-5H3,(H,85,93)/t64-,65+,66+,67+,68-,69-,70-,71-,72-,73+,74+,75+,80-,81+,82-,83-/m0/s1. The Morgan fingerprint density at radius 2 is 0.894 bits per heavy atom. The van der Waals surface area contributed by atoms with E-state index < -0.39 is 181 Å². The number of benzene rings is 8. The fraction of sp³-hybridized carbons (Fsp3) is 0.345. The maximum absolute atomic E-state index is 15.8. The van der Waals surface area contributed by atoms with Crippen molar-refractivity contribution in [2.24, 2.45) is 0 Å². The van der Waals surface area contributed by atoms with Crippen LogP contribution in [0, 0.1) is 20.8 Å². The molecule has 28 nitrogen and oxygen atoms in total. The SMILES string of the molecule is CC(=O)O[C@@H]1[C@@H](OP(=O)(OCc2ccccc2)OCc2ccccc2)[C@H](OC[C@H](NC(=O)OCc2ccccc2)C(=O)OCc2ccccc2)OC[C@H]1O[C@@H]1O[C@@H]2CO[C@H](c3ccccc3)O[C@@H]2[C@H](O[C@@H]2O[C@H](CO)[C@H](OC(=O)c3ccc(C)cc3)[C@H](OC(=O)c3ccc(C)cc3)[C@H]2OC(=O)c2ccc(C)cc2)[C@H]1OC(C)=O. The first-order valence-electron chi connectivity index (χ1n) is 36.5. The van der Waals surface area contributed by atoms with E-state index in [1.165, 1.54) is 36.4 Å². The third kappa shape index (κ3) is 22.5. The van der Waals surface area contributed by atoms with Crippen molar-refractivity contribution in [1.29, 1.82) is 0 Å². The molecule has 4 aliphatic rings. The van der Waals surface area contributed by atoms with Crippen LogP contribution >= 0.6 is 7.82 Å². The van der Waals surface area contributed by atoms with Crippen molar-refractivity contribution in [1.82, 2.24) is 5.32 Å². The van der Waals surface area contributed by atoms with Crippen LogP contribution in [0.2, 0.25) is 0 Å². The molecule has 4 aliphatic heterocycles. The molecule has 0 spiro atoms. The number of aryl methyl sites for hydroxylation is 3. The Labute approximate surface area is 651 Å². The summed E-state index contributed by atoms with van der Waals surface area (Å²) in [5.41, 5.74) is 5.19. The van der Waals surface area contributed by atoms with E-state index in [0.29, 0.717) is 27.8 Å². The highest BCUT2D eigenvalue weighted by atomic mass is 31.2. The van der Waals surface area contributed by atoms with Gasteiger partial charge in [-0.1, -0.05) is 205 Å². The molecule has 4 fully saturated rings. The van der Waals surface area contributed by atoms with Gasteiger partial charge in [-0.2, -0.15) is 0 Å². The summed E-state index contributed by atoms with van der Waals surface area (Å²) in [7, 11) is -5.07. The lowest BCUT2D eigenvalue weighted by Crippen LogP contribution is -2.69. The van der Waals surface area contributed by atoms with Gasteiger partial charge in [0.2, 0.25) is 0 Å². The maximum atomic E-state index is 15.8. The lowest BCUT2D eigenvalue weighted by atomic mass is 9.95. The van der Waals surface area contributed by atoms with Gasteiger partial charge in [-0.25, -0.2) is 28.5 Å². The summed E-state index contributed by atoms with van der Waals surface area (Å²) in [5, 5.41) is 14.0. The summed E-state index contributed by atoms with van der Waals surface area (Å²) in [6.45, 7) is 3.53. The van der Waals surface area contributed by atoms with E-state index in [0.717, 1.165) is 30.5 Å². The van der Waals surface area contributed by atoms with Crippen LogP contribution in [0.15, 0.2) is 224 Å². The van der Waals surface area contributed by atoms with Crippen LogP contribution in [0.4, 0.5) is 4.79 Å². The Hall–Kier alpha value is -10.4. The maximum Gasteiger partial charge on any atom is 0.476 e. The van der Waals surface area contributed by atoms with Gasteiger partial charge in [0.25, 0.3) is 0 Å². The van der Waals surface area contributed by atoms with Crippen molar-refractivity contribution in [3.63, 3.8) is 0 Å². The van der Waals surface area contributed by atoms with Gasteiger partial charge in [0.15, 0.2) is 67.8 Å². The predicted octanol–water partition coefficient (Wildman–Crippen LogP) is 11.1. The molecule has 0 unspecified atom stereocenters. The molecular weight excluding hydrogens is 1490 g/mol. The quantitative estimate of drug-likeness (QED) is 0.0231. The van der Waals surface area contributed by atoms with Crippen LogP contribution in [0.1, 0.15) is 95.7 Å². The van der Waals surface area contributed by atoms with Crippen molar-refractivity contribution in [2.45, 2.75) is 159 Å². The Morgan fingerprint density at radius 1 is 0.451 bits per heavy atom. The number of hydrogen-bond acceptors (Lipinski definition) is 27. The molecular formula is C84H86NO27P. The Kier molecular flexibility index (Phi) is 28.6. The number of ether oxygens (including phenoxy) is 15. The van der Waals surface area contributed by atoms with E-state index in [1.54, 1.807) is 202 Å². The molecule has 0 aliphatic carbocycles. The average Bonchev–Trinajstić information content (AvgIpc) is 0.748. The minimum atomic E-state index is -5.07. The number of amides is 1. The number of carbonyl (C=O) groups excluding carboxylic acids is 7. The minimum Gasteiger partial charge on any atom is -0.459 e. The molecule has 12 rings (SSSR count). The second-order valence-corrected chi connectivity index (χ2v) is 28.6. The summed E-state index contributed by atoms with van der Waals surface area (Å²) in [4.78, 5) is 99.9. The van der Waals surface area contributed by atoms with E-state index in [4.69, 9.17) is 84.6 Å². The second-order valence-electron chi connectivity index (χ2n) is 27.0. The highest BCUT2D eigenvalue weighted by Crippen LogP contribution is 2.54. The number of phosphoric acid groups is 1. The van der Waals surface area contributed by atoms with Gasteiger partial charge < -0.3 is 81.5 Å². The normalized spacial score (nSPS) is 24.4. The summed E-state index contributed by atoms with van der Waals surface area (Å²) < 4.78 is 131. The molecule has 0 aromatic heterocycles. The van der Waals surface area contributed by atoms with Crippen molar-refractivity contribution >= 4 is 49.7 Å². The number of carbonyl (C=O) groups is 7. The molecule has 0 saturated carbocycles. The summed E-state index contributed by atoms with van der Waals surface area (Å²) in [5.74, 6) is -5.95. The smallest absolute Gasteiger partial charge is 0.459 e. The third-order valence-corrected chi connectivity index (χ3v) is 19.9. The predicted molar refractivity (Wildman–Crippen MR) is 397 cm³/mol. The molecule has 8 aromatic rings. The lowest BCUT2D eigenvalue weighted by Gasteiger charge is -2.51. The number of phosphoric ester groups is 1. The Morgan fingerprint density at radius 3 is 1.39 bits per heavy atom. The monoisotopic (exact) mass is 1570 g/mol. The van der Waals surface area contributed by atoms with Crippen LogP contribution in [0.25, 0.3) is 0 Å². The van der Waals surface area contributed by atoms with Gasteiger partial charge in [-0.15, -0.1) is 0 Å². The number of aliphatic hydroxyl groups is 1. The second kappa shape index (κ2) is 39.4. The highest BCUT2D eigenvalue weighted by Gasteiger charge is 2.60. The van der Waals surface area contributed by atoms with Crippen LogP contribution in [0.3, 0.4) is 0 Å². The molecule has 0 bridgehead atoms. The van der Waals surface area contributed by atoms with Crippen molar-refractivity contribution in [3.05, 3.63) is 286 Å². The fourth-order valence-corrected chi connectivity index (χ4v) is 14.0. The molecule has 4 saturated heterocycles. The van der Waals surface area contributed by atoms with Crippen LogP contribution in [-0.2, 0) is 130 Å². The number of rotatable bonds is 31. The first-order valence-corrected chi connectivity index (χ1v) is 38.0. The number of fused-ring (bicyclic) bond motifs is 1. The first-order chi connectivity index (χ1) is 54.7. The Bertz CT molecular complexity index is 4450. The van der Waals surface area contributed by atoms with Crippen molar-refractivity contribution < 1.29 is 128 Å². The molecule has 113 heavy (non-hydrogen) atoms. The molecule has 29 heteroatoms. The largest absolute Gasteiger partial charge is 0.476 e. The lowest BCUT2D eigenvalue weighted by molar-refractivity contribution is -0.401. The molecule has 8 aromatic carbocycles. The van der Waals surface area contributed by atoms with Gasteiger partial charge in [-0.05, 0) is 79.4 Å². The number of nitrogens with one attached hydrogen (secondary N) is 1. The van der Waals surface area contributed by atoms with E-state index in [9.17, 15) is 38.7 Å². The number of aliphatic hydroxyl groups excluding tert-OH is 1. The first kappa shape index (κ1) is 82.1. The zero-order valence-electron chi connectivity index (χ0n) is 62.3. The van der Waals surface area contributed by atoms with E-state index in [1.807, 2.05) is 6.92 Å². The summed E-state index contributed by atoms with van der Waals surface area (Å²) in [6.07, 6.45) is -27.5. The van der Waals surface area contributed by atoms with Crippen LogP contribution in [0.5, 0.6) is 0 Å². The Balaban J connectivity index is 0.930. The van der Waals surface area contributed by atoms with Gasteiger partial charge >= 0.3 is 49.7 Å². The van der Waals surface area contributed by atoms with E-state index in [2.05, 4.69) is 5.32 Å². The fourth-order valence-electron chi connectivity index (χ4n) is 12.7.